The predicted molar refractivity (Wildman–Crippen MR) is 97.0 cm³/mol. The fourth-order valence-electron chi connectivity index (χ4n) is 4.15. The maximum atomic E-state index is 13.1. The van der Waals surface area contributed by atoms with E-state index >= 15 is 0 Å². The summed E-state index contributed by atoms with van der Waals surface area (Å²) >= 11 is 0. The third kappa shape index (κ3) is 4.11. The van der Waals surface area contributed by atoms with Crippen LogP contribution in [0.1, 0.15) is 24.0 Å². The van der Waals surface area contributed by atoms with Crippen LogP contribution in [0, 0.1) is 11.7 Å². The highest BCUT2D eigenvalue weighted by atomic mass is 19.1. The van der Waals surface area contributed by atoms with Gasteiger partial charge in [-0.1, -0.05) is 18.2 Å². The number of morpholine rings is 1. The van der Waals surface area contributed by atoms with Gasteiger partial charge in [0.05, 0.1) is 25.9 Å². The molecule has 1 aromatic carbocycles. The highest BCUT2D eigenvalue weighted by Gasteiger charge is 2.42. The van der Waals surface area contributed by atoms with E-state index in [4.69, 9.17) is 9.47 Å². The number of halogens is 1. The Balaban J connectivity index is 1.31. The van der Waals surface area contributed by atoms with Gasteiger partial charge < -0.3 is 9.47 Å². The van der Waals surface area contributed by atoms with Gasteiger partial charge >= 0.3 is 0 Å². The van der Waals surface area contributed by atoms with Crippen LogP contribution in [0.3, 0.4) is 0 Å². The molecule has 26 heavy (non-hydrogen) atoms. The van der Waals surface area contributed by atoms with Crippen molar-refractivity contribution in [2.24, 2.45) is 5.92 Å². The number of nitrogens with zero attached hydrogens (tertiary/aromatic N) is 2. The molecule has 4 rings (SSSR count). The van der Waals surface area contributed by atoms with E-state index in [2.05, 4.69) is 9.88 Å². The van der Waals surface area contributed by atoms with Crippen molar-refractivity contribution in [1.82, 2.24) is 9.88 Å². The largest absolute Gasteiger partial charge is 0.376 e. The molecular formula is C21H25FN2O2. The van der Waals surface area contributed by atoms with Gasteiger partial charge in [0, 0.05) is 37.4 Å². The summed E-state index contributed by atoms with van der Waals surface area (Å²) < 4.78 is 25.2. The lowest BCUT2D eigenvalue weighted by molar-refractivity contribution is -0.0891. The monoisotopic (exact) mass is 356 g/mol. The van der Waals surface area contributed by atoms with E-state index in [1.165, 1.54) is 12.1 Å². The zero-order valence-corrected chi connectivity index (χ0v) is 14.9. The first kappa shape index (κ1) is 17.6. The van der Waals surface area contributed by atoms with Crippen molar-refractivity contribution in [2.45, 2.75) is 38.1 Å². The fourth-order valence-corrected chi connectivity index (χ4v) is 4.15. The molecule has 2 aromatic rings. The Kier molecular flexibility index (Phi) is 5.58. The third-order valence-corrected chi connectivity index (χ3v) is 5.46. The lowest BCUT2D eigenvalue weighted by Gasteiger charge is -2.39. The predicted octanol–water partition coefficient (Wildman–Crippen LogP) is 3.42. The number of ether oxygens (including phenoxy) is 2. The van der Waals surface area contributed by atoms with Crippen molar-refractivity contribution in [3.63, 3.8) is 0 Å². The normalized spacial score (nSPS) is 26.0. The van der Waals surface area contributed by atoms with Gasteiger partial charge in [-0.15, -0.1) is 0 Å². The van der Waals surface area contributed by atoms with Gasteiger partial charge in [-0.2, -0.15) is 0 Å². The van der Waals surface area contributed by atoms with Gasteiger partial charge in [-0.05, 0) is 42.2 Å². The minimum atomic E-state index is -0.180. The van der Waals surface area contributed by atoms with Crippen LogP contribution in [-0.4, -0.2) is 41.8 Å². The fraction of sp³-hybridized carbons (Fsp3) is 0.476. The van der Waals surface area contributed by atoms with Crippen LogP contribution in [0.25, 0.3) is 0 Å². The van der Waals surface area contributed by atoms with E-state index in [-0.39, 0.29) is 11.9 Å². The van der Waals surface area contributed by atoms with Gasteiger partial charge in [0.25, 0.3) is 0 Å². The molecule has 1 aliphatic carbocycles. The third-order valence-electron chi connectivity index (χ3n) is 5.46. The lowest BCUT2D eigenvalue weighted by Crippen LogP contribution is -2.50. The number of pyridine rings is 1. The highest BCUT2D eigenvalue weighted by molar-refractivity contribution is 5.16. The van der Waals surface area contributed by atoms with Crippen LogP contribution >= 0.6 is 0 Å². The zero-order chi connectivity index (χ0) is 17.8. The molecule has 1 aliphatic heterocycles. The van der Waals surface area contributed by atoms with E-state index in [0.717, 1.165) is 50.3 Å². The zero-order valence-electron chi connectivity index (χ0n) is 14.9. The quantitative estimate of drug-likeness (QED) is 0.794. The van der Waals surface area contributed by atoms with Crippen LogP contribution in [0.4, 0.5) is 4.39 Å². The minimum Gasteiger partial charge on any atom is -0.376 e. The number of aromatic nitrogens is 1. The standard InChI is InChI=1S/C21H25FN2O2/c22-19-6-3-16(4-7-19)13-24-10-11-26-21-18(5-8-20(21)24)15-25-14-17-2-1-9-23-12-17/h1-4,6-7,9,12,18,20-21H,5,8,10-11,13-15H2/t18-,20+,21-/m1/s1. The van der Waals surface area contributed by atoms with E-state index < -0.39 is 0 Å². The van der Waals surface area contributed by atoms with Crippen LogP contribution in [-0.2, 0) is 22.6 Å². The average molecular weight is 356 g/mol. The Labute approximate surface area is 153 Å². The molecule has 138 valence electrons. The highest BCUT2D eigenvalue weighted by Crippen LogP contribution is 2.35. The summed E-state index contributed by atoms with van der Waals surface area (Å²) in [6.45, 7) is 3.86. The molecular weight excluding hydrogens is 331 g/mol. The molecule has 1 saturated carbocycles. The molecule has 1 aromatic heterocycles. The molecule has 0 bridgehead atoms. The maximum Gasteiger partial charge on any atom is 0.123 e. The number of hydrogen-bond acceptors (Lipinski definition) is 4. The molecule has 5 heteroatoms. The molecule has 0 unspecified atom stereocenters. The Morgan fingerprint density at radius 1 is 1.15 bits per heavy atom. The molecule has 0 radical (unpaired) electrons. The van der Waals surface area contributed by atoms with Crippen LogP contribution in [0.2, 0.25) is 0 Å². The summed E-state index contributed by atoms with van der Waals surface area (Å²) in [5, 5.41) is 0. The van der Waals surface area contributed by atoms with Crippen molar-refractivity contribution in [3.8, 4) is 0 Å². The van der Waals surface area contributed by atoms with Crippen LogP contribution in [0.15, 0.2) is 48.8 Å². The first-order valence-corrected chi connectivity index (χ1v) is 9.36. The summed E-state index contributed by atoms with van der Waals surface area (Å²) in [7, 11) is 0. The smallest absolute Gasteiger partial charge is 0.123 e. The van der Waals surface area contributed by atoms with Gasteiger partial charge in [-0.25, -0.2) is 4.39 Å². The van der Waals surface area contributed by atoms with Crippen molar-refractivity contribution >= 4 is 0 Å². The molecule has 3 atom stereocenters. The van der Waals surface area contributed by atoms with E-state index in [0.29, 0.717) is 18.6 Å². The van der Waals surface area contributed by atoms with E-state index in [1.54, 1.807) is 6.20 Å². The van der Waals surface area contributed by atoms with Crippen molar-refractivity contribution in [2.75, 3.05) is 19.8 Å². The second-order valence-corrected chi connectivity index (χ2v) is 7.21. The average Bonchev–Trinajstić information content (AvgIpc) is 3.09. The van der Waals surface area contributed by atoms with E-state index in [1.807, 2.05) is 30.5 Å². The van der Waals surface area contributed by atoms with Gasteiger partial charge in [-0.3, -0.25) is 9.88 Å². The lowest BCUT2D eigenvalue weighted by atomic mass is 10.0. The van der Waals surface area contributed by atoms with E-state index in [9.17, 15) is 4.39 Å². The Hall–Kier alpha value is -1.82. The molecule has 2 fully saturated rings. The molecule has 0 amide bonds. The summed E-state index contributed by atoms with van der Waals surface area (Å²) in [6, 6.07) is 11.2. The van der Waals surface area contributed by atoms with Crippen LogP contribution < -0.4 is 0 Å². The number of rotatable bonds is 6. The van der Waals surface area contributed by atoms with Crippen molar-refractivity contribution in [1.29, 1.82) is 0 Å². The topological polar surface area (TPSA) is 34.6 Å². The van der Waals surface area contributed by atoms with Gasteiger partial charge in [0.1, 0.15) is 5.82 Å². The molecule has 0 N–H and O–H groups in total. The second-order valence-electron chi connectivity index (χ2n) is 7.21. The van der Waals surface area contributed by atoms with Crippen LogP contribution in [0.5, 0.6) is 0 Å². The molecule has 1 saturated heterocycles. The van der Waals surface area contributed by atoms with Gasteiger partial charge in [0.2, 0.25) is 0 Å². The van der Waals surface area contributed by atoms with Crippen molar-refractivity contribution in [3.05, 3.63) is 65.7 Å². The first-order valence-electron chi connectivity index (χ1n) is 9.36. The Morgan fingerprint density at radius 2 is 2.04 bits per heavy atom. The molecule has 4 nitrogen and oxygen atoms in total. The number of benzene rings is 1. The van der Waals surface area contributed by atoms with Gasteiger partial charge in [0.15, 0.2) is 0 Å². The molecule has 2 aliphatic rings. The molecule has 0 spiro atoms. The Morgan fingerprint density at radius 3 is 2.85 bits per heavy atom. The second kappa shape index (κ2) is 8.25. The number of hydrogen-bond donors (Lipinski definition) is 0. The maximum absolute atomic E-state index is 13.1. The SMILES string of the molecule is Fc1ccc(CN2CCO[C@@H]3[C@@H](COCc4cccnc4)CC[C@@H]32)cc1. The number of fused-ring (bicyclic) bond motifs is 1. The van der Waals surface area contributed by atoms with Crippen molar-refractivity contribution < 1.29 is 13.9 Å². The minimum absolute atomic E-state index is 0.180. The summed E-state index contributed by atoms with van der Waals surface area (Å²) in [6.07, 6.45) is 6.11. The Bertz CT molecular complexity index is 695. The summed E-state index contributed by atoms with van der Waals surface area (Å²) in [5.74, 6) is 0.257. The summed E-state index contributed by atoms with van der Waals surface area (Å²) in [4.78, 5) is 6.61. The molecule has 2 heterocycles. The first-order chi connectivity index (χ1) is 12.8. The summed E-state index contributed by atoms with van der Waals surface area (Å²) in [5.41, 5.74) is 2.26.